The Morgan fingerprint density at radius 1 is 1.00 bits per heavy atom. The number of hydrogen-bond donors (Lipinski definition) is 1. The van der Waals surface area contributed by atoms with Crippen LogP contribution in [0, 0.1) is 0 Å². The summed E-state index contributed by atoms with van der Waals surface area (Å²) in [4.78, 5) is 37.2. The van der Waals surface area contributed by atoms with Crippen LogP contribution in [0.15, 0.2) is 42.5 Å². The summed E-state index contributed by atoms with van der Waals surface area (Å²) in [5, 5.41) is 10.2. The van der Waals surface area contributed by atoms with Crippen molar-refractivity contribution in [2.75, 3.05) is 18.0 Å². The maximum atomic E-state index is 12.7. The fourth-order valence-electron chi connectivity index (χ4n) is 2.60. The van der Waals surface area contributed by atoms with Gasteiger partial charge in [0.2, 0.25) is 5.78 Å². The van der Waals surface area contributed by atoms with E-state index >= 15 is 0 Å². The quantitative estimate of drug-likeness (QED) is 0.481. The van der Waals surface area contributed by atoms with Crippen molar-refractivity contribution in [3.05, 3.63) is 59.2 Å². The number of carbonyl (C=O) groups is 3. The lowest BCUT2D eigenvalue weighted by Gasteiger charge is -2.21. The summed E-state index contributed by atoms with van der Waals surface area (Å²) in [6.45, 7) is 5.56. The number of phenols is 1. The fourth-order valence-corrected chi connectivity index (χ4v) is 2.60. The first-order chi connectivity index (χ1) is 11.5. The van der Waals surface area contributed by atoms with Crippen LogP contribution in [0.25, 0.3) is 0 Å². The van der Waals surface area contributed by atoms with Crippen LogP contribution in [-0.4, -0.2) is 36.0 Å². The van der Waals surface area contributed by atoms with Crippen LogP contribution >= 0.6 is 0 Å². The molecule has 0 radical (unpaired) electrons. The third-order valence-corrected chi connectivity index (χ3v) is 3.90. The monoisotopic (exact) mass is 325 g/mol. The number of anilines is 1. The molecular weight excluding hydrogens is 306 g/mol. The third-order valence-electron chi connectivity index (χ3n) is 3.90. The highest BCUT2D eigenvalue weighted by Crippen LogP contribution is 2.27. The number of benzene rings is 2. The third kappa shape index (κ3) is 3.35. The maximum absolute atomic E-state index is 12.7. The molecule has 0 saturated heterocycles. The van der Waals surface area contributed by atoms with Gasteiger partial charge in [0, 0.05) is 36.0 Å². The van der Waals surface area contributed by atoms with Crippen LogP contribution in [-0.2, 0) is 4.79 Å². The Morgan fingerprint density at radius 3 is 2.17 bits per heavy atom. The average Bonchev–Trinajstić information content (AvgIpc) is 2.61. The van der Waals surface area contributed by atoms with Crippen molar-refractivity contribution in [3.8, 4) is 5.75 Å². The van der Waals surface area contributed by atoms with Gasteiger partial charge < -0.3 is 10.0 Å². The molecule has 5 nitrogen and oxygen atoms in total. The zero-order valence-electron chi connectivity index (χ0n) is 13.7. The summed E-state index contributed by atoms with van der Waals surface area (Å²) in [6.07, 6.45) is 0.176. The van der Waals surface area contributed by atoms with Crippen molar-refractivity contribution in [1.82, 2.24) is 0 Å². The Balaban J connectivity index is 2.45. The van der Waals surface area contributed by atoms with E-state index in [2.05, 4.69) is 0 Å². The number of hydrogen-bond acceptors (Lipinski definition) is 5. The number of ketones is 2. The van der Waals surface area contributed by atoms with Crippen LogP contribution in [0.3, 0.4) is 0 Å². The SMILES string of the molecule is CCN(CC)c1ccc(C(=O)c2ccccc2C(=O)C=O)c(O)c1. The summed E-state index contributed by atoms with van der Waals surface area (Å²) in [5.74, 6) is -1.42. The van der Waals surface area contributed by atoms with Crippen LogP contribution in [0.2, 0.25) is 0 Å². The molecule has 2 aromatic rings. The topological polar surface area (TPSA) is 74.7 Å². The Morgan fingerprint density at radius 2 is 1.62 bits per heavy atom. The van der Waals surface area contributed by atoms with Crippen molar-refractivity contribution in [3.63, 3.8) is 0 Å². The van der Waals surface area contributed by atoms with Crippen molar-refractivity contribution in [1.29, 1.82) is 0 Å². The molecule has 0 aliphatic carbocycles. The minimum atomic E-state index is -0.766. The van der Waals surface area contributed by atoms with Gasteiger partial charge in [-0.1, -0.05) is 24.3 Å². The first kappa shape index (κ1) is 17.4. The normalized spacial score (nSPS) is 10.2. The predicted molar refractivity (Wildman–Crippen MR) is 91.9 cm³/mol. The molecule has 24 heavy (non-hydrogen) atoms. The number of nitrogens with zero attached hydrogens (tertiary/aromatic N) is 1. The largest absolute Gasteiger partial charge is 0.507 e. The molecule has 0 aromatic heterocycles. The molecule has 0 bridgehead atoms. The van der Waals surface area contributed by atoms with Gasteiger partial charge in [-0.2, -0.15) is 0 Å². The molecule has 124 valence electrons. The van der Waals surface area contributed by atoms with Gasteiger partial charge >= 0.3 is 0 Å². The molecule has 0 spiro atoms. The van der Waals surface area contributed by atoms with Gasteiger partial charge in [0.25, 0.3) is 0 Å². The molecule has 0 aliphatic heterocycles. The highest BCUT2D eigenvalue weighted by Gasteiger charge is 2.20. The molecule has 5 heteroatoms. The standard InChI is InChI=1S/C19H19NO4/c1-3-20(4-2)13-9-10-16(17(22)11-13)19(24)15-8-6-5-7-14(15)18(23)12-21/h5-12,22H,3-4H2,1-2H3. The second-order valence-electron chi connectivity index (χ2n) is 5.23. The first-order valence-electron chi connectivity index (χ1n) is 7.74. The van der Waals surface area contributed by atoms with E-state index in [0.29, 0.717) is 0 Å². The van der Waals surface area contributed by atoms with Gasteiger partial charge in [0.05, 0.1) is 5.56 Å². The zero-order valence-corrected chi connectivity index (χ0v) is 13.7. The van der Waals surface area contributed by atoms with E-state index in [1.807, 2.05) is 18.7 Å². The minimum Gasteiger partial charge on any atom is -0.507 e. The Bertz CT molecular complexity index is 779. The van der Waals surface area contributed by atoms with Crippen LogP contribution in [0.4, 0.5) is 5.69 Å². The molecule has 0 heterocycles. The molecule has 0 aliphatic rings. The zero-order chi connectivity index (χ0) is 17.7. The van der Waals surface area contributed by atoms with Gasteiger partial charge in [-0.15, -0.1) is 0 Å². The number of carbonyl (C=O) groups excluding carboxylic acids is 3. The molecular formula is C19H19NO4. The molecule has 2 rings (SSSR count). The van der Waals surface area contributed by atoms with E-state index in [4.69, 9.17) is 0 Å². The van der Waals surface area contributed by atoms with E-state index < -0.39 is 11.6 Å². The lowest BCUT2D eigenvalue weighted by molar-refractivity contribution is -0.104. The van der Waals surface area contributed by atoms with Crippen LogP contribution < -0.4 is 4.90 Å². The lowest BCUT2D eigenvalue weighted by atomic mass is 9.95. The number of Topliss-reactive ketones (excluding diaryl/α,β-unsaturated/α-hetero) is 1. The molecule has 0 atom stereocenters. The predicted octanol–water partition coefficient (Wildman–Crippen LogP) is 2.85. The summed E-state index contributed by atoms with van der Waals surface area (Å²) in [6, 6.07) is 10.9. The fraction of sp³-hybridized carbons (Fsp3) is 0.211. The van der Waals surface area contributed by atoms with E-state index in [9.17, 15) is 19.5 Å². The molecule has 0 unspecified atom stereocenters. The van der Waals surface area contributed by atoms with Crippen molar-refractivity contribution in [2.45, 2.75) is 13.8 Å². The first-order valence-corrected chi connectivity index (χ1v) is 7.74. The van der Waals surface area contributed by atoms with Gasteiger partial charge in [-0.25, -0.2) is 0 Å². The smallest absolute Gasteiger partial charge is 0.226 e. The molecule has 2 aromatic carbocycles. The number of rotatable bonds is 7. The van der Waals surface area contributed by atoms with E-state index in [-0.39, 0.29) is 28.7 Å². The highest BCUT2D eigenvalue weighted by molar-refractivity contribution is 6.36. The van der Waals surface area contributed by atoms with E-state index in [1.165, 1.54) is 24.3 Å². The average molecular weight is 325 g/mol. The van der Waals surface area contributed by atoms with Crippen molar-refractivity contribution in [2.24, 2.45) is 0 Å². The lowest BCUT2D eigenvalue weighted by Crippen LogP contribution is -2.21. The molecule has 0 saturated carbocycles. The molecule has 0 amide bonds. The maximum Gasteiger partial charge on any atom is 0.226 e. The summed E-state index contributed by atoms with van der Waals surface area (Å²) in [7, 11) is 0. The van der Waals surface area contributed by atoms with Gasteiger partial charge in [0.1, 0.15) is 5.75 Å². The number of aldehydes is 1. The van der Waals surface area contributed by atoms with Crippen molar-refractivity contribution >= 4 is 23.5 Å². The van der Waals surface area contributed by atoms with Gasteiger partial charge in [-0.05, 0) is 26.0 Å². The van der Waals surface area contributed by atoms with E-state index in [0.717, 1.165) is 18.8 Å². The Hall–Kier alpha value is -2.95. The second kappa shape index (κ2) is 7.55. The van der Waals surface area contributed by atoms with E-state index in [1.54, 1.807) is 18.2 Å². The second-order valence-corrected chi connectivity index (χ2v) is 5.23. The Kier molecular flexibility index (Phi) is 5.47. The van der Waals surface area contributed by atoms with Gasteiger partial charge in [0.15, 0.2) is 12.1 Å². The van der Waals surface area contributed by atoms with Crippen LogP contribution in [0.1, 0.15) is 40.1 Å². The number of phenolic OH excluding ortho intramolecular Hbond substituents is 1. The highest BCUT2D eigenvalue weighted by atomic mass is 16.3. The Labute approximate surface area is 140 Å². The summed E-state index contributed by atoms with van der Waals surface area (Å²) in [5.41, 5.74) is 1.04. The van der Waals surface area contributed by atoms with Crippen LogP contribution in [0.5, 0.6) is 5.75 Å². The number of aromatic hydroxyl groups is 1. The van der Waals surface area contributed by atoms with Gasteiger partial charge in [-0.3, -0.25) is 14.4 Å². The molecule has 0 fully saturated rings. The molecule has 1 N–H and O–H groups in total. The van der Waals surface area contributed by atoms with Crippen molar-refractivity contribution < 1.29 is 19.5 Å². The summed E-state index contributed by atoms with van der Waals surface area (Å²) >= 11 is 0. The summed E-state index contributed by atoms with van der Waals surface area (Å²) < 4.78 is 0. The minimum absolute atomic E-state index is 0.0321.